The Morgan fingerprint density at radius 2 is 1.96 bits per heavy atom. The van der Waals surface area contributed by atoms with Gasteiger partial charge in [-0.05, 0) is 45.4 Å². The summed E-state index contributed by atoms with van der Waals surface area (Å²) in [6.07, 6.45) is -0.316. The van der Waals surface area contributed by atoms with Gasteiger partial charge in [-0.2, -0.15) is 0 Å². The average Bonchev–Trinajstić information content (AvgIpc) is 2.48. The Hall–Kier alpha value is -0.630. The maximum Gasteiger partial charge on any atom is 0.410 e. The molecule has 7 heteroatoms. The first kappa shape index (κ1) is 22.4. The van der Waals surface area contributed by atoms with Crippen molar-refractivity contribution in [2.75, 3.05) is 33.4 Å². The number of methoxy groups -OCH3 is 1. The molecule has 0 aromatic heterocycles. The highest BCUT2D eigenvalue weighted by Gasteiger charge is 2.22. The molecule has 0 heterocycles. The standard InChI is InChI=1S/C18H28Br2N2O3/c1-13(15-7-6-14(19)12-16(15)20)21-8-9-22(10-11-24-5)17(23)25-18(2,3)4/h6-7,12-13,21H,8-11H2,1-5H3. The molecule has 1 amide bonds. The second-order valence-electron chi connectivity index (χ2n) is 6.80. The van der Waals surface area contributed by atoms with Crippen LogP contribution in [0.4, 0.5) is 4.79 Å². The van der Waals surface area contributed by atoms with Crippen LogP contribution in [0.5, 0.6) is 0 Å². The summed E-state index contributed by atoms with van der Waals surface area (Å²) < 4.78 is 12.6. The lowest BCUT2D eigenvalue weighted by molar-refractivity contribution is 0.0203. The van der Waals surface area contributed by atoms with Crippen LogP contribution in [-0.4, -0.2) is 49.9 Å². The number of ether oxygens (including phenoxy) is 2. The summed E-state index contributed by atoms with van der Waals surface area (Å²) in [5, 5.41) is 3.45. The summed E-state index contributed by atoms with van der Waals surface area (Å²) >= 11 is 7.05. The van der Waals surface area contributed by atoms with E-state index in [0.29, 0.717) is 26.2 Å². The maximum atomic E-state index is 12.3. The summed E-state index contributed by atoms with van der Waals surface area (Å²) in [5.74, 6) is 0. The van der Waals surface area contributed by atoms with Gasteiger partial charge in [0, 0.05) is 41.7 Å². The van der Waals surface area contributed by atoms with E-state index in [0.717, 1.165) is 8.95 Å². The van der Waals surface area contributed by atoms with E-state index in [1.165, 1.54) is 5.56 Å². The van der Waals surface area contributed by atoms with Crippen LogP contribution in [0.25, 0.3) is 0 Å². The van der Waals surface area contributed by atoms with E-state index in [2.05, 4.69) is 50.2 Å². The monoisotopic (exact) mass is 478 g/mol. The molecule has 1 aromatic rings. The lowest BCUT2D eigenvalue weighted by atomic mass is 10.1. The molecular weight excluding hydrogens is 452 g/mol. The second kappa shape index (κ2) is 10.5. The van der Waals surface area contributed by atoms with Crippen LogP contribution in [0.15, 0.2) is 27.1 Å². The lowest BCUT2D eigenvalue weighted by Crippen LogP contribution is -2.42. The van der Waals surface area contributed by atoms with Crippen LogP contribution < -0.4 is 5.32 Å². The quantitative estimate of drug-likeness (QED) is 0.584. The van der Waals surface area contributed by atoms with Gasteiger partial charge in [0.1, 0.15) is 5.60 Å². The average molecular weight is 480 g/mol. The molecule has 1 N–H and O–H groups in total. The third-order valence-electron chi connectivity index (χ3n) is 3.48. The molecule has 0 aliphatic rings. The van der Waals surface area contributed by atoms with Crippen LogP contribution >= 0.6 is 31.9 Å². The van der Waals surface area contributed by atoms with Gasteiger partial charge in [0.2, 0.25) is 0 Å². The Labute approximate surface area is 167 Å². The van der Waals surface area contributed by atoms with E-state index < -0.39 is 5.60 Å². The van der Waals surface area contributed by atoms with Gasteiger partial charge in [0.05, 0.1) is 6.61 Å². The number of rotatable bonds is 8. The molecule has 1 aromatic carbocycles. The minimum atomic E-state index is -0.509. The highest BCUT2D eigenvalue weighted by Crippen LogP contribution is 2.26. The van der Waals surface area contributed by atoms with Crippen molar-refractivity contribution < 1.29 is 14.3 Å². The van der Waals surface area contributed by atoms with Crippen molar-refractivity contribution in [2.24, 2.45) is 0 Å². The minimum Gasteiger partial charge on any atom is -0.444 e. The number of carbonyl (C=O) groups is 1. The van der Waals surface area contributed by atoms with E-state index >= 15 is 0 Å². The Bertz CT molecular complexity index is 562. The molecule has 0 aliphatic carbocycles. The predicted octanol–water partition coefficient (Wildman–Crippen LogP) is 4.75. The molecule has 0 saturated carbocycles. The summed E-state index contributed by atoms with van der Waals surface area (Å²) in [7, 11) is 1.62. The SMILES string of the molecule is COCCN(CCNC(C)c1ccc(Br)cc1Br)C(=O)OC(C)(C)C. The lowest BCUT2D eigenvalue weighted by Gasteiger charge is -2.28. The molecule has 25 heavy (non-hydrogen) atoms. The Balaban J connectivity index is 2.59. The smallest absolute Gasteiger partial charge is 0.410 e. The molecule has 142 valence electrons. The molecule has 0 saturated heterocycles. The third kappa shape index (κ3) is 8.53. The number of hydrogen-bond donors (Lipinski definition) is 1. The first-order valence-corrected chi connectivity index (χ1v) is 9.88. The van der Waals surface area contributed by atoms with Crippen molar-refractivity contribution in [3.8, 4) is 0 Å². The zero-order valence-electron chi connectivity index (χ0n) is 15.6. The predicted molar refractivity (Wildman–Crippen MR) is 108 cm³/mol. The van der Waals surface area contributed by atoms with Gasteiger partial charge in [-0.25, -0.2) is 4.79 Å². The van der Waals surface area contributed by atoms with Gasteiger partial charge in [-0.3, -0.25) is 0 Å². The second-order valence-corrected chi connectivity index (χ2v) is 8.57. The van der Waals surface area contributed by atoms with E-state index in [1.807, 2.05) is 32.9 Å². The van der Waals surface area contributed by atoms with Gasteiger partial charge in [0.25, 0.3) is 0 Å². The largest absolute Gasteiger partial charge is 0.444 e. The van der Waals surface area contributed by atoms with E-state index in [4.69, 9.17) is 9.47 Å². The number of carbonyl (C=O) groups excluding carboxylic acids is 1. The van der Waals surface area contributed by atoms with Crippen molar-refractivity contribution in [3.63, 3.8) is 0 Å². The molecule has 0 spiro atoms. The number of halogens is 2. The first-order valence-electron chi connectivity index (χ1n) is 8.29. The van der Waals surface area contributed by atoms with Crippen LogP contribution in [0.1, 0.15) is 39.3 Å². The van der Waals surface area contributed by atoms with E-state index in [1.54, 1.807) is 12.0 Å². The van der Waals surface area contributed by atoms with Crippen molar-refractivity contribution in [3.05, 3.63) is 32.7 Å². The number of hydrogen-bond acceptors (Lipinski definition) is 4. The maximum absolute atomic E-state index is 12.3. The van der Waals surface area contributed by atoms with Gasteiger partial charge in [-0.15, -0.1) is 0 Å². The zero-order chi connectivity index (χ0) is 19.0. The summed E-state index contributed by atoms with van der Waals surface area (Å²) in [4.78, 5) is 14.0. The van der Waals surface area contributed by atoms with E-state index in [9.17, 15) is 4.79 Å². The minimum absolute atomic E-state index is 0.158. The molecule has 0 fully saturated rings. The molecule has 1 atom stereocenters. The summed E-state index contributed by atoms with van der Waals surface area (Å²) in [5.41, 5.74) is 0.662. The fourth-order valence-electron chi connectivity index (χ4n) is 2.20. The Kier molecular flexibility index (Phi) is 9.41. The van der Waals surface area contributed by atoms with Crippen LogP contribution in [-0.2, 0) is 9.47 Å². The van der Waals surface area contributed by atoms with Crippen molar-refractivity contribution in [2.45, 2.75) is 39.3 Å². The van der Waals surface area contributed by atoms with Gasteiger partial charge in [0.15, 0.2) is 0 Å². The Morgan fingerprint density at radius 3 is 2.52 bits per heavy atom. The van der Waals surface area contributed by atoms with E-state index in [-0.39, 0.29) is 12.1 Å². The molecule has 5 nitrogen and oxygen atoms in total. The van der Waals surface area contributed by atoms with Gasteiger partial charge in [-0.1, -0.05) is 37.9 Å². The number of amides is 1. The highest BCUT2D eigenvalue weighted by atomic mass is 79.9. The van der Waals surface area contributed by atoms with Gasteiger partial charge < -0.3 is 19.7 Å². The molecule has 1 unspecified atom stereocenters. The van der Waals surface area contributed by atoms with Crippen LogP contribution in [0, 0.1) is 0 Å². The van der Waals surface area contributed by atoms with Gasteiger partial charge >= 0.3 is 6.09 Å². The first-order chi connectivity index (χ1) is 11.6. The zero-order valence-corrected chi connectivity index (χ0v) is 18.7. The summed E-state index contributed by atoms with van der Waals surface area (Å²) in [6, 6.07) is 6.27. The summed E-state index contributed by atoms with van der Waals surface area (Å²) in [6.45, 7) is 9.89. The van der Waals surface area contributed by atoms with Crippen molar-refractivity contribution >= 4 is 38.0 Å². The van der Waals surface area contributed by atoms with Crippen molar-refractivity contribution in [1.82, 2.24) is 10.2 Å². The molecule has 1 rings (SSSR count). The number of benzene rings is 1. The molecule has 0 aliphatic heterocycles. The third-order valence-corrected chi connectivity index (χ3v) is 4.66. The van der Waals surface area contributed by atoms with Crippen LogP contribution in [0.2, 0.25) is 0 Å². The van der Waals surface area contributed by atoms with Crippen LogP contribution in [0.3, 0.4) is 0 Å². The molecule has 0 bridgehead atoms. The molecule has 0 radical (unpaired) electrons. The molecular formula is C18H28Br2N2O3. The normalized spacial score (nSPS) is 12.8. The Morgan fingerprint density at radius 1 is 1.28 bits per heavy atom. The van der Waals surface area contributed by atoms with Crippen molar-refractivity contribution in [1.29, 1.82) is 0 Å². The fourth-order valence-corrected chi connectivity index (χ4v) is 3.59. The number of nitrogens with one attached hydrogen (secondary N) is 1. The number of nitrogens with zero attached hydrogens (tertiary/aromatic N) is 1. The topological polar surface area (TPSA) is 50.8 Å². The highest BCUT2D eigenvalue weighted by molar-refractivity contribution is 9.11. The fraction of sp³-hybridized carbons (Fsp3) is 0.611.